The van der Waals surface area contributed by atoms with Crippen molar-refractivity contribution < 1.29 is 14.3 Å². The fourth-order valence-electron chi connectivity index (χ4n) is 5.91. The van der Waals surface area contributed by atoms with Crippen molar-refractivity contribution in [3.8, 4) is 0 Å². The molecular formula is C24H33N3O3. The zero-order valence-electron chi connectivity index (χ0n) is 17.9. The van der Waals surface area contributed by atoms with Crippen LogP contribution in [0.25, 0.3) is 10.9 Å². The standard InChI is InChI=1S/C24H33N3O3/c1-29-22-17-27(24(22)10-14-30-15-11-24)19-8-12-26(13-9-19)23(28)7-6-18-16-25-21-5-3-2-4-20(18)21/h2-5,16,19,22,25H,6-15,17H2,1H3/t22-/m0/s1. The van der Waals surface area contributed by atoms with E-state index < -0.39 is 0 Å². The van der Waals surface area contributed by atoms with E-state index in [1.165, 1.54) is 10.9 Å². The van der Waals surface area contributed by atoms with Crippen molar-refractivity contribution in [2.24, 2.45) is 0 Å². The molecule has 0 saturated carbocycles. The Kier molecular flexibility index (Phi) is 5.56. The normalized spacial score (nSPS) is 25.0. The van der Waals surface area contributed by atoms with Gasteiger partial charge in [-0.25, -0.2) is 0 Å². The van der Waals surface area contributed by atoms with Crippen LogP contribution in [0.5, 0.6) is 0 Å². The molecule has 0 radical (unpaired) electrons. The number of aryl methyl sites for hydroxylation is 1. The fraction of sp³-hybridized carbons (Fsp3) is 0.625. The van der Waals surface area contributed by atoms with Crippen LogP contribution >= 0.6 is 0 Å². The number of ether oxygens (including phenoxy) is 2. The van der Waals surface area contributed by atoms with Gasteiger partial charge < -0.3 is 19.4 Å². The molecule has 3 fully saturated rings. The summed E-state index contributed by atoms with van der Waals surface area (Å²) in [5, 5.41) is 1.23. The minimum atomic E-state index is 0.166. The number of para-hydroxylation sites is 1. The summed E-state index contributed by atoms with van der Waals surface area (Å²) in [5.41, 5.74) is 2.55. The van der Waals surface area contributed by atoms with E-state index in [0.29, 0.717) is 18.6 Å². The molecule has 4 heterocycles. The number of benzene rings is 1. The average Bonchev–Trinajstić information content (AvgIpc) is 3.21. The Bertz CT molecular complexity index is 881. The van der Waals surface area contributed by atoms with Gasteiger partial charge in [-0.2, -0.15) is 0 Å². The van der Waals surface area contributed by atoms with Crippen LogP contribution in [0.2, 0.25) is 0 Å². The van der Waals surface area contributed by atoms with Crippen molar-refractivity contribution in [2.45, 2.75) is 56.2 Å². The molecule has 3 aliphatic rings. The highest BCUT2D eigenvalue weighted by molar-refractivity contribution is 5.84. The Morgan fingerprint density at radius 2 is 2.00 bits per heavy atom. The third kappa shape index (κ3) is 3.45. The van der Waals surface area contributed by atoms with E-state index in [1.807, 2.05) is 19.4 Å². The first-order chi connectivity index (χ1) is 14.7. The zero-order chi connectivity index (χ0) is 20.6. The minimum Gasteiger partial charge on any atom is -0.381 e. The van der Waals surface area contributed by atoms with Crippen molar-refractivity contribution in [2.75, 3.05) is 40.0 Å². The molecule has 3 aliphatic heterocycles. The lowest BCUT2D eigenvalue weighted by atomic mass is 9.73. The van der Waals surface area contributed by atoms with Gasteiger partial charge in [-0.3, -0.25) is 9.69 Å². The Morgan fingerprint density at radius 1 is 1.23 bits per heavy atom. The Balaban J connectivity index is 1.15. The van der Waals surface area contributed by atoms with Crippen LogP contribution in [0.4, 0.5) is 0 Å². The number of rotatable bonds is 5. The van der Waals surface area contributed by atoms with Crippen molar-refractivity contribution in [1.29, 1.82) is 0 Å². The van der Waals surface area contributed by atoms with E-state index in [9.17, 15) is 4.79 Å². The number of H-pyrrole nitrogens is 1. The number of methoxy groups -OCH3 is 1. The summed E-state index contributed by atoms with van der Waals surface area (Å²) < 4.78 is 11.4. The molecule has 5 rings (SSSR count). The quantitative estimate of drug-likeness (QED) is 0.822. The van der Waals surface area contributed by atoms with Crippen LogP contribution in [0.3, 0.4) is 0 Å². The molecule has 6 heteroatoms. The zero-order valence-corrected chi connectivity index (χ0v) is 17.9. The predicted molar refractivity (Wildman–Crippen MR) is 117 cm³/mol. The van der Waals surface area contributed by atoms with E-state index in [4.69, 9.17) is 9.47 Å². The second-order valence-electron chi connectivity index (χ2n) is 9.06. The van der Waals surface area contributed by atoms with Crippen molar-refractivity contribution in [3.63, 3.8) is 0 Å². The number of hydrogen-bond donors (Lipinski definition) is 1. The maximum Gasteiger partial charge on any atom is 0.222 e. The van der Waals surface area contributed by atoms with Gasteiger partial charge in [-0.1, -0.05) is 18.2 Å². The first kappa shape index (κ1) is 20.0. The highest BCUT2D eigenvalue weighted by Gasteiger charge is 2.56. The Hall–Kier alpha value is -1.89. The fourth-order valence-corrected chi connectivity index (χ4v) is 5.91. The van der Waals surface area contributed by atoms with Gasteiger partial charge in [0.05, 0.1) is 11.6 Å². The van der Waals surface area contributed by atoms with Gasteiger partial charge >= 0.3 is 0 Å². The Labute approximate surface area is 178 Å². The van der Waals surface area contributed by atoms with E-state index >= 15 is 0 Å². The molecule has 0 bridgehead atoms. The minimum absolute atomic E-state index is 0.166. The van der Waals surface area contributed by atoms with Gasteiger partial charge in [-0.15, -0.1) is 0 Å². The molecule has 1 spiro atoms. The number of nitrogens with zero attached hydrogens (tertiary/aromatic N) is 2. The molecule has 162 valence electrons. The summed E-state index contributed by atoms with van der Waals surface area (Å²) in [4.78, 5) is 20.9. The topological polar surface area (TPSA) is 57.8 Å². The maximum atomic E-state index is 12.8. The van der Waals surface area contributed by atoms with Crippen LogP contribution in [-0.4, -0.2) is 78.3 Å². The van der Waals surface area contributed by atoms with Gasteiger partial charge in [0.15, 0.2) is 0 Å². The highest BCUT2D eigenvalue weighted by Crippen LogP contribution is 2.44. The number of likely N-dealkylation sites (tertiary alicyclic amines) is 2. The van der Waals surface area contributed by atoms with E-state index in [-0.39, 0.29) is 11.4 Å². The van der Waals surface area contributed by atoms with Crippen molar-refractivity contribution in [1.82, 2.24) is 14.8 Å². The van der Waals surface area contributed by atoms with E-state index in [0.717, 1.165) is 70.5 Å². The first-order valence-corrected chi connectivity index (χ1v) is 11.4. The summed E-state index contributed by atoms with van der Waals surface area (Å²) in [6.45, 7) is 4.44. The monoisotopic (exact) mass is 411 g/mol. The average molecular weight is 412 g/mol. The first-order valence-electron chi connectivity index (χ1n) is 11.4. The summed E-state index contributed by atoms with van der Waals surface area (Å²) in [6.07, 6.45) is 8.03. The number of amides is 1. The second-order valence-corrected chi connectivity index (χ2v) is 9.06. The molecule has 1 aromatic carbocycles. The Morgan fingerprint density at radius 3 is 2.77 bits per heavy atom. The van der Waals surface area contributed by atoms with Crippen LogP contribution in [0.15, 0.2) is 30.5 Å². The van der Waals surface area contributed by atoms with E-state index in [2.05, 4.69) is 33.0 Å². The summed E-state index contributed by atoms with van der Waals surface area (Å²) in [5.74, 6) is 0.290. The third-order valence-corrected chi connectivity index (χ3v) is 7.72. The lowest BCUT2D eigenvalue weighted by molar-refractivity contribution is -0.208. The number of piperidine rings is 1. The van der Waals surface area contributed by atoms with Crippen LogP contribution in [0.1, 0.15) is 37.7 Å². The number of aromatic amines is 1. The molecule has 6 nitrogen and oxygen atoms in total. The van der Waals surface area contributed by atoms with Gasteiger partial charge in [0.1, 0.15) is 0 Å². The lowest BCUT2D eigenvalue weighted by Gasteiger charge is -2.63. The molecule has 1 N–H and O–H groups in total. The molecular weight excluding hydrogens is 378 g/mol. The lowest BCUT2D eigenvalue weighted by Crippen LogP contribution is -2.75. The molecule has 30 heavy (non-hydrogen) atoms. The number of aromatic nitrogens is 1. The SMILES string of the molecule is CO[C@H]1CN(C2CCN(C(=O)CCc3c[nH]c4ccccc34)CC2)C12CCOCC2. The van der Waals surface area contributed by atoms with Crippen molar-refractivity contribution >= 4 is 16.8 Å². The number of fused-ring (bicyclic) bond motifs is 1. The van der Waals surface area contributed by atoms with Gasteiger partial charge in [0.2, 0.25) is 5.91 Å². The van der Waals surface area contributed by atoms with Gasteiger partial charge in [-0.05, 0) is 43.7 Å². The largest absolute Gasteiger partial charge is 0.381 e. The van der Waals surface area contributed by atoms with Crippen molar-refractivity contribution in [3.05, 3.63) is 36.0 Å². The number of nitrogens with one attached hydrogen (secondary N) is 1. The molecule has 1 aromatic heterocycles. The number of carbonyl (C=O) groups is 1. The smallest absolute Gasteiger partial charge is 0.222 e. The van der Waals surface area contributed by atoms with Crippen LogP contribution < -0.4 is 0 Å². The molecule has 0 unspecified atom stereocenters. The predicted octanol–water partition coefficient (Wildman–Crippen LogP) is 2.97. The molecule has 1 atom stereocenters. The summed E-state index contributed by atoms with van der Waals surface area (Å²) in [7, 11) is 1.84. The molecule has 1 amide bonds. The maximum absolute atomic E-state index is 12.8. The highest BCUT2D eigenvalue weighted by atomic mass is 16.5. The van der Waals surface area contributed by atoms with Crippen LogP contribution in [0, 0.1) is 0 Å². The molecule has 0 aliphatic carbocycles. The van der Waals surface area contributed by atoms with Gasteiger partial charge in [0, 0.05) is 69.5 Å². The second kappa shape index (κ2) is 8.33. The summed E-state index contributed by atoms with van der Waals surface area (Å²) in [6, 6.07) is 8.87. The molecule has 2 aromatic rings. The number of carbonyl (C=O) groups excluding carboxylic acids is 1. The van der Waals surface area contributed by atoms with Crippen LogP contribution in [-0.2, 0) is 20.7 Å². The van der Waals surface area contributed by atoms with Gasteiger partial charge in [0.25, 0.3) is 0 Å². The summed E-state index contributed by atoms with van der Waals surface area (Å²) >= 11 is 0. The molecule has 3 saturated heterocycles. The third-order valence-electron chi connectivity index (χ3n) is 7.72. The van der Waals surface area contributed by atoms with E-state index in [1.54, 1.807) is 0 Å². The number of hydrogen-bond acceptors (Lipinski definition) is 4.